The predicted molar refractivity (Wildman–Crippen MR) is 89.2 cm³/mol. The van der Waals surface area contributed by atoms with Crippen LogP contribution in [-0.2, 0) is 22.6 Å². The number of allylic oxidation sites excluding steroid dienone is 2. The Balaban J connectivity index is 1.47. The first kappa shape index (κ1) is 15.7. The number of hydrogen-bond acceptors (Lipinski definition) is 5. The standard InChI is InChI=1S/C19H19N3O3/c1-12-6-2-3-7-13(12)10-16-20-17(25-21-16)11-22-18(23)14-8-4-5-9-15(14)19(22)24/h2-7,14-15H,8-11H2,1H3. The van der Waals surface area contributed by atoms with E-state index in [-0.39, 0.29) is 30.2 Å². The summed E-state index contributed by atoms with van der Waals surface area (Å²) < 4.78 is 5.27. The minimum atomic E-state index is -0.230. The molecule has 1 aliphatic carbocycles. The van der Waals surface area contributed by atoms with E-state index in [1.807, 2.05) is 43.3 Å². The van der Waals surface area contributed by atoms with Crippen LogP contribution >= 0.6 is 0 Å². The number of imide groups is 1. The molecule has 2 aliphatic rings. The smallest absolute Gasteiger partial charge is 0.246 e. The molecule has 0 saturated carbocycles. The summed E-state index contributed by atoms with van der Waals surface area (Å²) in [5.74, 6) is 0.147. The number of fused-ring (bicyclic) bond motifs is 1. The van der Waals surface area contributed by atoms with Gasteiger partial charge in [0, 0.05) is 6.42 Å². The maximum absolute atomic E-state index is 12.5. The van der Waals surface area contributed by atoms with E-state index in [9.17, 15) is 9.59 Å². The summed E-state index contributed by atoms with van der Waals surface area (Å²) in [5.41, 5.74) is 2.29. The van der Waals surface area contributed by atoms with Gasteiger partial charge >= 0.3 is 0 Å². The molecule has 0 radical (unpaired) electrons. The highest BCUT2D eigenvalue weighted by Gasteiger charge is 2.47. The van der Waals surface area contributed by atoms with Crippen LogP contribution in [0.25, 0.3) is 0 Å². The highest BCUT2D eigenvalue weighted by Crippen LogP contribution is 2.35. The van der Waals surface area contributed by atoms with E-state index in [1.54, 1.807) is 0 Å². The summed E-state index contributed by atoms with van der Waals surface area (Å²) in [6, 6.07) is 8.02. The number of hydrogen-bond donors (Lipinski definition) is 0. The molecule has 1 aromatic heterocycles. The lowest BCUT2D eigenvalue weighted by molar-refractivity contribution is -0.141. The molecule has 2 amide bonds. The van der Waals surface area contributed by atoms with Gasteiger partial charge in [-0.05, 0) is 30.9 Å². The lowest BCUT2D eigenvalue weighted by Crippen LogP contribution is -2.30. The van der Waals surface area contributed by atoms with Gasteiger partial charge in [-0.3, -0.25) is 14.5 Å². The van der Waals surface area contributed by atoms with Gasteiger partial charge in [-0.25, -0.2) is 0 Å². The first-order valence-corrected chi connectivity index (χ1v) is 8.49. The van der Waals surface area contributed by atoms with Crippen LogP contribution in [0, 0.1) is 18.8 Å². The molecule has 4 rings (SSSR count). The zero-order valence-electron chi connectivity index (χ0n) is 14.0. The summed E-state index contributed by atoms with van der Waals surface area (Å²) in [6.45, 7) is 2.10. The number of amides is 2. The van der Waals surface area contributed by atoms with Crippen LogP contribution in [0.3, 0.4) is 0 Å². The number of aryl methyl sites for hydroxylation is 1. The number of benzene rings is 1. The lowest BCUT2D eigenvalue weighted by atomic mass is 9.85. The van der Waals surface area contributed by atoms with Crippen molar-refractivity contribution >= 4 is 11.8 Å². The molecule has 2 unspecified atom stereocenters. The van der Waals surface area contributed by atoms with Gasteiger partial charge in [0.2, 0.25) is 17.7 Å². The number of aromatic nitrogens is 2. The van der Waals surface area contributed by atoms with Crippen molar-refractivity contribution in [1.82, 2.24) is 15.0 Å². The van der Waals surface area contributed by atoms with Crippen LogP contribution in [0.4, 0.5) is 0 Å². The van der Waals surface area contributed by atoms with Crippen LogP contribution in [0.2, 0.25) is 0 Å². The largest absolute Gasteiger partial charge is 0.337 e. The van der Waals surface area contributed by atoms with Gasteiger partial charge in [0.1, 0.15) is 6.54 Å². The van der Waals surface area contributed by atoms with Gasteiger partial charge in [0.05, 0.1) is 11.8 Å². The third-order valence-electron chi connectivity index (χ3n) is 5.01. The molecule has 25 heavy (non-hydrogen) atoms. The van der Waals surface area contributed by atoms with E-state index in [4.69, 9.17) is 4.52 Å². The zero-order valence-corrected chi connectivity index (χ0v) is 14.0. The molecule has 0 N–H and O–H groups in total. The highest BCUT2D eigenvalue weighted by atomic mass is 16.5. The Morgan fingerprint density at radius 3 is 2.48 bits per heavy atom. The Morgan fingerprint density at radius 1 is 1.12 bits per heavy atom. The Labute approximate surface area is 145 Å². The molecule has 2 atom stereocenters. The second kappa shape index (κ2) is 6.27. The van der Waals surface area contributed by atoms with E-state index in [1.165, 1.54) is 4.90 Å². The van der Waals surface area contributed by atoms with Crippen molar-refractivity contribution in [2.24, 2.45) is 11.8 Å². The zero-order chi connectivity index (χ0) is 17.4. The van der Waals surface area contributed by atoms with Crippen molar-refractivity contribution < 1.29 is 14.1 Å². The minimum absolute atomic E-state index is 0.0610. The molecule has 6 heteroatoms. The molecular weight excluding hydrogens is 318 g/mol. The number of likely N-dealkylation sites (tertiary alicyclic amines) is 1. The Morgan fingerprint density at radius 2 is 1.80 bits per heavy atom. The van der Waals surface area contributed by atoms with Gasteiger partial charge in [-0.15, -0.1) is 0 Å². The lowest BCUT2D eigenvalue weighted by Gasteiger charge is -2.14. The van der Waals surface area contributed by atoms with Crippen LogP contribution < -0.4 is 0 Å². The fraction of sp³-hybridized carbons (Fsp3) is 0.368. The number of rotatable bonds is 4. The summed E-state index contributed by atoms with van der Waals surface area (Å²) in [7, 11) is 0. The quantitative estimate of drug-likeness (QED) is 0.632. The molecular formula is C19H19N3O3. The monoisotopic (exact) mass is 337 g/mol. The second-order valence-electron chi connectivity index (χ2n) is 6.63. The van der Waals surface area contributed by atoms with Crippen LogP contribution in [0.5, 0.6) is 0 Å². The predicted octanol–water partition coefficient (Wildman–Crippen LogP) is 2.42. The van der Waals surface area contributed by atoms with Crippen molar-refractivity contribution in [2.45, 2.75) is 32.7 Å². The summed E-state index contributed by atoms with van der Waals surface area (Å²) in [5, 5.41) is 3.99. The minimum Gasteiger partial charge on any atom is -0.337 e. The van der Waals surface area contributed by atoms with Crippen molar-refractivity contribution in [1.29, 1.82) is 0 Å². The van der Waals surface area contributed by atoms with Gasteiger partial charge in [0.15, 0.2) is 5.82 Å². The van der Waals surface area contributed by atoms with Crippen molar-refractivity contribution in [3.8, 4) is 0 Å². The molecule has 0 spiro atoms. The molecule has 1 saturated heterocycles. The average molecular weight is 337 g/mol. The van der Waals surface area contributed by atoms with Crippen LogP contribution in [-0.4, -0.2) is 26.9 Å². The normalized spacial score (nSPS) is 22.5. The van der Waals surface area contributed by atoms with E-state index in [0.717, 1.165) is 11.1 Å². The van der Waals surface area contributed by atoms with Gasteiger partial charge in [-0.1, -0.05) is 41.6 Å². The number of carbonyl (C=O) groups is 2. The maximum Gasteiger partial charge on any atom is 0.246 e. The molecule has 128 valence electrons. The Hall–Kier alpha value is -2.76. The molecule has 1 fully saturated rings. The number of nitrogens with zero attached hydrogens (tertiary/aromatic N) is 3. The highest BCUT2D eigenvalue weighted by molar-refractivity contribution is 6.05. The molecule has 2 heterocycles. The van der Waals surface area contributed by atoms with Crippen LogP contribution in [0.15, 0.2) is 40.9 Å². The average Bonchev–Trinajstić information content (AvgIpc) is 3.16. The first-order chi connectivity index (χ1) is 12.1. The molecule has 6 nitrogen and oxygen atoms in total. The number of carbonyl (C=O) groups excluding carboxylic acids is 2. The Bertz CT molecular complexity index is 829. The molecule has 1 aliphatic heterocycles. The van der Waals surface area contributed by atoms with E-state index in [2.05, 4.69) is 10.1 Å². The Kier molecular flexibility index (Phi) is 3.95. The topological polar surface area (TPSA) is 76.3 Å². The van der Waals surface area contributed by atoms with E-state index >= 15 is 0 Å². The third-order valence-corrected chi connectivity index (χ3v) is 5.01. The fourth-order valence-corrected chi connectivity index (χ4v) is 3.57. The van der Waals surface area contributed by atoms with Crippen molar-refractivity contribution in [3.63, 3.8) is 0 Å². The summed E-state index contributed by atoms with van der Waals surface area (Å²) in [4.78, 5) is 30.6. The van der Waals surface area contributed by atoms with E-state index in [0.29, 0.717) is 31.0 Å². The molecule has 0 bridgehead atoms. The second-order valence-corrected chi connectivity index (χ2v) is 6.63. The SMILES string of the molecule is Cc1ccccc1Cc1noc(CN2C(=O)C3CC=CCC3C2=O)n1. The first-order valence-electron chi connectivity index (χ1n) is 8.49. The van der Waals surface area contributed by atoms with Crippen LogP contribution in [0.1, 0.15) is 35.7 Å². The molecule has 1 aromatic carbocycles. The molecule has 2 aromatic rings. The van der Waals surface area contributed by atoms with Crippen molar-refractivity contribution in [3.05, 3.63) is 59.3 Å². The summed E-state index contributed by atoms with van der Waals surface area (Å²) >= 11 is 0. The summed E-state index contributed by atoms with van der Waals surface area (Å²) in [6.07, 6.45) is 5.78. The fourth-order valence-electron chi connectivity index (χ4n) is 3.57. The van der Waals surface area contributed by atoms with Gasteiger partial charge in [0.25, 0.3) is 0 Å². The van der Waals surface area contributed by atoms with E-state index < -0.39 is 0 Å². The van der Waals surface area contributed by atoms with Gasteiger partial charge in [-0.2, -0.15) is 4.98 Å². The maximum atomic E-state index is 12.5. The third kappa shape index (κ3) is 2.88. The van der Waals surface area contributed by atoms with Gasteiger partial charge < -0.3 is 4.52 Å². The van der Waals surface area contributed by atoms with Crippen molar-refractivity contribution in [2.75, 3.05) is 0 Å².